The highest BCUT2D eigenvalue weighted by Crippen LogP contribution is 2.23. The van der Waals surface area contributed by atoms with Crippen molar-refractivity contribution >= 4 is 0 Å². The summed E-state index contributed by atoms with van der Waals surface area (Å²) < 4.78 is 0. The first-order valence-electron chi connectivity index (χ1n) is 5.96. The van der Waals surface area contributed by atoms with Gasteiger partial charge in [0, 0.05) is 24.5 Å². The Hall–Kier alpha value is -1.75. The molecule has 5 heteroatoms. The fourth-order valence-corrected chi connectivity index (χ4v) is 2.19. The number of piperidine rings is 1. The highest BCUT2D eigenvalue weighted by Gasteiger charge is 2.16. The van der Waals surface area contributed by atoms with E-state index in [-0.39, 0.29) is 0 Å². The molecule has 1 fully saturated rings. The fourth-order valence-electron chi connectivity index (χ4n) is 2.19. The van der Waals surface area contributed by atoms with Crippen LogP contribution in [0.3, 0.4) is 0 Å². The predicted octanol–water partition coefficient (Wildman–Crippen LogP) is 1.33. The molecule has 88 valence electrons. The Bertz CT molecular complexity index is 456. The number of aromatic amines is 1. The molecule has 0 bridgehead atoms. The van der Waals surface area contributed by atoms with E-state index in [0.29, 0.717) is 5.92 Å². The number of nitrogens with zero attached hydrogens (tertiary/aromatic N) is 3. The molecule has 0 spiro atoms. The van der Waals surface area contributed by atoms with Crippen LogP contribution in [0.25, 0.3) is 11.5 Å². The van der Waals surface area contributed by atoms with Crippen molar-refractivity contribution in [3.63, 3.8) is 0 Å². The van der Waals surface area contributed by atoms with Gasteiger partial charge in [-0.1, -0.05) is 0 Å². The molecule has 0 atom stereocenters. The van der Waals surface area contributed by atoms with Crippen LogP contribution in [0.2, 0.25) is 0 Å². The van der Waals surface area contributed by atoms with E-state index in [1.807, 2.05) is 6.20 Å². The summed E-state index contributed by atoms with van der Waals surface area (Å²) >= 11 is 0. The van der Waals surface area contributed by atoms with Gasteiger partial charge in [-0.05, 0) is 25.9 Å². The largest absolute Gasteiger partial charge is 0.343 e. The van der Waals surface area contributed by atoms with Crippen LogP contribution in [-0.4, -0.2) is 33.0 Å². The Kier molecular flexibility index (Phi) is 2.83. The minimum absolute atomic E-state index is 0.550. The molecule has 2 aromatic rings. The Morgan fingerprint density at radius 1 is 1.06 bits per heavy atom. The topological polar surface area (TPSA) is 66.5 Å². The summed E-state index contributed by atoms with van der Waals surface area (Å²) in [4.78, 5) is 16.1. The molecule has 3 rings (SSSR count). The van der Waals surface area contributed by atoms with Crippen LogP contribution in [0, 0.1) is 0 Å². The van der Waals surface area contributed by atoms with Gasteiger partial charge in [0.1, 0.15) is 5.69 Å². The van der Waals surface area contributed by atoms with Gasteiger partial charge in [0.15, 0.2) is 5.82 Å². The molecular weight excluding hydrogens is 214 g/mol. The lowest BCUT2D eigenvalue weighted by atomic mass is 9.95. The highest BCUT2D eigenvalue weighted by atomic mass is 14.9. The minimum atomic E-state index is 0.550. The number of imidazole rings is 1. The molecule has 2 aromatic heterocycles. The number of aromatic nitrogens is 4. The molecular formula is C12H15N5. The molecule has 1 saturated heterocycles. The van der Waals surface area contributed by atoms with E-state index in [1.54, 1.807) is 18.6 Å². The third-order valence-electron chi connectivity index (χ3n) is 3.17. The van der Waals surface area contributed by atoms with E-state index in [0.717, 1.165) is 43.1 Å². The molecule has 1 aliphatic heterocycles. The van der Waals surface area contributed by atoms with E-state index in [4.69, 9.17) is 0 Å². The lowest BCUT2D eigenvalue weighted by molar-refractivity contribution is 0.452. The smallest absolute Gasteiger partial charge is 0.157 e. The molecule has 0 unspecified atom stereocenters. The highest BCUT2D eigenvalue weighted by molar-refractivity contribution is 5.46. The first-order chi connectivity index (χ1) is 8.43. The zero-order chi connectivity index (χ0) is 11.5. The van der Waals surface area contributed by atoms with Crippen LogP contribution in [0.5, 0.6) is 0 Å². The van der Waals surface area contributed by atoms with Gasteiger partial charge < -0.3 is 10.3 Å². The van der Waals surface area contributed by atoms with Gasteiger partial charge in [-0.15, -0.1) is 0 Å². The standard InChI is InChI=1S/C12H15N5/c1-3-13-4-2-9(1)10-7-17-11(8-16-10)12-14-5-6-15-12/h5-9,13H,1-4H2,(H,14,15). The fraction of sp³-hybridized carbons (Fsp3) is 0.417. The number of nitrogens with one attached hydrogen (secondary N) is 2. The molecule has 0 saturated carbocycles. The van der Waals surface area contributed by atoms with Crippen LogP contribution < -0.4 is 5.32 Å². The van der Waals surface area contributed by atoms with Crippen molar-refractivity contribution in [2.24, 2.45) is 0 Å². The molecule has 2 N–H and O–H groups in total. The van der Waals surface area contributed by atoms with Gasteiger partial charge >= 0.3 is 0 Å². The monoisotopic (exact) mass is 229 g/mol. The molecule has 0 aromatic carbocycles. The van der Waals surface area contributed by atoms with Crippen LogP contribution in [0.4, 0.5) is 0 Å². The second-order valence-corrected chi connectivity index (χ2v) is 4.29. The Balaban J connectivity index is 1.80. The lowest BCUT2D eigenvalue weighted by Crippen LogP contribution is -2.27. The van der Waals surface area contributed by atoms with Crippen LogP contribution >= 0.6 is 0 Å². The van der Waals surface area contributed by atoms with Gasteiger partial charge in [-0.3, -0.25) is 4.98 Å². The zero-order valence-electron chi connectivity index (χ0n) is 9.56. The second-order valence-electron chi connectivity index (χ2n) is 4.29. The molecule has 17 heavy (non-hydrogen) atoms. The van der Waals surface area contributed by atoms with Crippen molar-refractivity contribution in [2.45, 2.75) is 18.8 Å². The zero-order valence-corrected chi connectivity index (χ0v) is 9.56. The maximum absolute atomic E-state index is 4.51. The summed E-state index contributed by atoms with van der Waals surface area (Å²) in [6, 6.07) is 0. The van der Waals surface area contributed by atoms with Crippen molar-refractivity contribution in [1.82, 2.24) is 25.3 Å². The quantitative estimate of drug-likeness (QED) is 0.815. The van der Waals surface area contributed by atoms with Crippen molar-refractivity contribution in [1.29, 1.82) is 0 Å². The summed E-state index contributed by atoms with van der Waals surface area (Å²) in [5.41, 5.74) is 1.90. The Morgan fingerprint density at radius 3 is 2.59 bits per heavy atom. The SMILES string of the molecule is c1c[nH]c(-c2cnc(C3CCNCC3)cn2)n1. The molecule has 5 nitrogen and oxygen atoms in total. The normalized spacial score (nSPS) is 17.2. The average molecular weight is 229 g/mol. The van der Waals surface area contributed by atoms with Crippen LogP contribution in [0.1, 0.15) is 24.5 Å². The minimum Gasteiger partial charge on any atom is -0.343 e. The van der Waals surface area contributed by atoms with Gasteiger partial charge in [0.2, 0.25) is 0 Å². The number of rotatable bonds is 2. The summed E-state index contributed by atoms with van der Waals surface area (Å²) in [5.74, 6) is 1.32. The second kappa shape index (κ2) is 4.63. The molecule has 0 amide bonds. The van der Waals surface area contributed by atoms with E-state index >= 15 is 0 Å². The predicted molar refractivity (Wildman–Crippen MR) is 64.5 cm³/mol. The van der Waals surface area contributed by atoms with E-state index < -0.39 is 0 Å². The van der Waals surface area contributed by atoms with Gasteiger partial charge in [-0.25, -0.2) is 9.97 Å². The van der Waals surface area contributed by atoms with Crippen molar-refractivity contribution in [3.05, 3.63) is 30.5 Å². The van der Waals surface area contributed by atoms with Crippen LogP contribution in [-0.2, 0) is 0 Å². The summed E-state index contributed by atoms with van der Waals surface area (Å²) in [6.45, 7) is 2.15. The maximum Gasteiger partial charge on any atom is 0.157 e. The number of hydrogen-bond acceptors (Lipinski definition) is 4. The Morgan fingerprint density at radius 2 is 1.94 bits per heavy atom. The third kappa shape index (κ3) is 2.19. The number of H-pyrrole nitrogens is 1. The molecule has 1 aliphatic rings. The molecule has 0 radical (unpaired) electrons. The van der Waals surface area contributed by atoms with E-state index in [9.17, 15) is 0 Å². The van der Waals surface area contributed by atoms with E-state index in [2.05, 4.69) is 25.3 Å². The molecule has 3 heterocycles. The summed E-state index contributed by atoms with van der Waals surface area (Å²) in [5, 5.41) is 3.36. The van der Waals surface area contributed by atoms with Gasteiger partial charge in [-0.2, -0.15) is 0 Å². The molecule has 0 aliphatic carbocycles. The number of hydrogen-bond donors (Lipinski definition) is 2. The van der Waals surface area contributed by atoms with E-state index in [1.165, 1.54) is 0 Å². The van der Waals surface area contributed by atoms with Gasteiger partial charge in [0.05, 0.1) is 11.9 Å². The Labute approximate surface area is 99.7 Å². The van der Waals surface area contributed by atoms with Crippen molar-refractivity contribution < 1.29 is 0 Å². The third-order valence-corrected chi connectivity index (χ3v) is 3.17. The maximum atomic E-state index is 4.51. The summed E-state index contributed by atoms with van der Waals surface area (Å²) in [7, 11) is 0. The average Bonchev–Trinajstić information content (AvgIpc) is 2.94. The van der Waals surface area contributed by atoms with Gasteiger partial charge in [0.25, 0.3) is 0 Å². The first kappa shape index (κ1) is 10.4. The first-order valence-corrected chi connectivity index (χ1v) is 5.96. The van der Waals surface area contributed by atoms with Crippen LogP contribution in [0.15, 0.2) is 24.8 Å². The summed E-state index contributed by atoms with van der Waals surface area (Å²) in [6.07, 6.45) is 9.49. The van der Waals surface area contributed by atoms with Crippen molar-refractivity contribution in [2.75, 3.05) is 13.1 Å². The van der Waals surface area contributed by atoms with Crippen molar-refractivity contribution in [3.8, 4) is 11.5 Å². The lowest BCUT2D eigenvalue weighted by Gasteiger charge is -2.21.